The van der Waals surface area contributed by atoms with Gasteiger partial charge >= 0.3 is 6.18 Å². The SMILES string of the molecule is CC(O)C1(c2cccnc2C(F)(F)F)CC1. The number of rotatable bonds is 2. The number of halogens is 3. The molecular weight excluding hydrogens is 219 g/mol. The Morgan fingerprint density at radius 3 is 2.50 bits per heavy atom. The molecule has 1 N–H and O–H groups in total. The van der Waals surface area contributed by atoms with Crippen molar-refractivity contribution in [3.8, 4) is 0 Å². The zero-order valence-corrected chi connectivity index (χ0v) is 8.75. The summed E-state index contributed by atoms with van der Waals surface area (Å²) in [4.78, 5) is 3.40. The molecule has 0 radical (unpaired) electrons. The van der Waals surface area contributed by atoms with E-state index in [0.29, 0.717) is 12.8 Å². The fraction of sp³-hybridized carbons (Fsp3) is 0.545. The third-order valence-corrected chi connectivity index (χ3v) is 3.20. The normalized spacial score (nSPS) is 20.6. The van der Waals surface area contributed by atoms with Crippen molar-refractivity contribution in [1.82, 2.24) is 4.98 Å². The summed E-state index contributed by atoms with van der Waals surface area (Å²) < 4.78 is 38.2. The van der Waals surface area contributed by atoms with Gasteiger partial charge in [0.1, 0.15) is 5.69 Å². The fourth-order valence-corrected chi connectivity index (χ4v) is 2.08. The maximum absolute atomic E-state index is 12.7. The van der Waals surface area contributed by atoms with Gasteiger partial charge in [0.25, 0.3) is 0 Å². The van der Waals surface area contributed by atoms with Crippen molar-refractivity contribution in [2.24, 2.45) is 0 Å². The molecule has 1 aromatic rings. The topological polar surface area (TPSA) is 33.1 Å². The van der Waals surface area contributed by atoms with Crippen LogP contribution in [0, 0.1) is 0 Å². The number of aliphatic hydroxyl groups is 1. The predicted molar refractivity (Wildman–Crippen MR) is 51.8 cm³/mol. The van der Waals surface area contributed by atoms with Gasteiger partial charge in [-0.2, -0.15) is 13.2 Å². The van der Waals surface area contributed by atoms with Crippen molar-refractivity contribution in [3.63, 3.8) is 0 Å². The summed E-state index contributed by atoms with van der Waals surface area (Å²) in [5, 5.41) is 9.59. The molecule has 1 aliphatic rings. The van der Waals surface area contributed by atoms with Gasteiger partial charge in [0.15, 0.2) is 0 Å². The quantitative estimate of drug-likeness (QED) is 0.848. The standard InChI is InChI=1S/C11H12F3NO/c1-7(16)10(4-5-10)8-3-2-6-15-9(8)11(12,13)14/h2-3,6-7,16H,4-5H2,1H3. The number of aliphatic hydroxyl groups excluding tert-OH is 1. The van der Waals surface area contributed by atoms with E-state index in [0.717, 1.165) is 6.20 Å². The molecule has 1 fully saturated rings. The Labute approximate surface area is 91.1 Å². The fourth-order valence-electron chi connectivity index (χ4n) is 2.08. The van der Waals surface area contributed by atoms with Crippen molar-refractivity contribution < 1.29 is 18.3 Å². The average molecular weight is 231 g/mol. The zero-order valence-electron chi connectivity index (χ0n) is 8.75. The minimum atomic E-state index is -4.46. The summed E-state index contributed by atoms with van der Waals surface area (Å²) in [6.45, 7) is 1.53. The van der Waals surface area contributed by atoms with Crippen LogP contribution in [0.25, 0.3) is 0 Å². The molecule has 2 rings (SSSR count). The summed E-state index contributed by atoms with van der Waals surface area (Å²) >= 11 is 0. The molecule has 0 aliphatic heterocycles. The first kappa shape index (κ1) is 11.4. The van der Waals surface area contributed by atoms with Crippen molar-refractivity contribution in [3.05, 3.63) is 29.6 Å². The molecule has 88 valence electrons. The number of hydrogen-bond acceptors (Lipinski definition) is 2. The Morgan fingerprint density at radius 1 is 1.44 bits per heavy atom. The van der Waals surface area contributed by atoms with Crippen LogP contribution in [0.15, 0.2) is 18.3 Å². The molecule has 0 aromatic carbocycles. The van der Waals surface area contributed by atoms with Crippen LogP contribution in [0.5, 0.6) is 0 Å². The van der Waals surface area contributed by atoms with E-state index >= 15 is 0 Å². The third kappa shape index (κ3) is 1.69. The van der Waals surface area contributed by atoms with Crippen LogP contribution in [0.4, 0.5) is 13.2 Å². The molecule has 0 spiro atoms. The Balaban J connectivity index is 2.50. The summed E-state index contributed by atoms with van der Waals surface area (Å²) in [5.74, 6) is 0. The highest BCUT2D eigenvalue weighted by molar-refractivity contribution is 5.37. The maximum Gasteiger partial charge on any atom is 0.433 e. The lowest BCUT2D eigenvalue weighted by atomic mass is 9.89. The molecule has 1 heterocycles. The Kier molecular flexibility index (Phi) is 2.45. The molecule has 5 heteroatoms. The van der Waals surface area contributed by atoms with E-state index < -0.39 is 23.4 Å². The van der Waals surface area contributed by atoms with E-state index in [-0.39, 0.29) is 5.56 Å². The van der Waals surface area contributed by atoms with Gasteiger partial charge in [-0.1, -0.05) is 6.07 Å². The predicted octanol–water partition coefficient (Wildman–Crippen LogP) is 2.51. The largest absolute Gasteiger partial charge is 0.433 e. The number of alkyl halides is 3. The van der Waals surface area contributed by atoms with E-state index in [1.807, 2.05) is 0 Å². The van der Waals surface area contributed by atoms with Gasteiger partial charge < -0.3 is 5.11 Å². The van der Waals surface area contributed by atoms with Crippen LogP contribution in [0.1, 0.15) is 31.0 Å². The molecule has 0 bridgehead atoms. The Bertz CT molecular complexity index is 396. The average Bonchev–Trinajstić information content (AvgIpc) is 2.97. The van der Waals surface area contributed by atoms with Crippen LogP contribution < -0.4 is 0 Å². The molecule has 0 amide bonds. The van der Waals surface area contributed by atoms with Crippen molar-refractivity contribution in [2.75, 3.05) is 0 Å². The molecule has 1 aliphatic carbocycles. The minimum absolute atomic E-state index is 0.123. The van der Waals surface area contributed by atoms with Crippen LogP contribution in [-0.4, -0.2) is 16.2 Å². The molecule has 1 atom stereocenters. The van der Waals surface area contributed by atoms with Crippen molar-refractivity contribution in [2.45, 2.75) is 37.5 Å². The van der Waals surface area contributed by atoms with Crippen molar-refractivity contribution >= 4 is 0 Å². The Morgan fingerprint density at radius 2 is 2.06 bits per heavy atom. The van der Waals surface area contributed by atoms with Crippen LogP contribution in [-0.2, 0) is 11.6 Å². The van der Waals surface area contributed by atoms with Crippen LogP contribution in [0.2, 0.25) is 0 Å². The van der Waals surface area contributed by atoms with E-state index in [1.54, 1.807) is 0 Å². The molecular formula is C11H12F3NO. The number of aromatic nitrogens is 1. The van der Waals surface area contributed by atoms with Gasteiger partial charge in [-0.3, -0.25) is 4.98 Å². The molecule has 1 saturated carbocycles. The monoisotopic (exact) mass is 231 g/mol. The number of nitrogens with zero attached hydrogens (tertiary/aromatic N) is 1. The van der Waals surface area contributed by atoms with E-state index in [1.165, 1.54) is 19.1 Å². The lowest BCUT2D eigenvalue weighted by Crippen LogP contribution is -2.27. The van der Waals surface area contributed by atoms with Gasteiger partial charge in [-0.15, -0.1) is 0 Å². The molecule has 1 unspecified atom stereocenters. The highest BCUT2D eigenvalue weighted by Crippen LogP contribution is 2.53. The van der Waals surface area contributed by atoms with Gasteiger partial charge in [-0.25, -0.2) is 0 Å². The first-order valence-electron chi connectivity index (χ1n) is 5.09. The number of hydrogen-bond donors (Lipinski definition) is 1. The summed E-state index contributed by atoms with van der Waals surface area (Å²) in [6, 6.07) is 2.89. The minimum Gasteiger partial charge on any atom is -0.392 e. The van der Waals surface area contributed by atoms with Crippen LogP contribution in [0.3, 0.4) is 0 Å². The maximum atomic E-state index is 12.7. The summed E-state index contributed by atoms with van der Waals surface area (Å²) in [6.07, 6.45) is -2.94. The molecule has 16 heavy (non-hydrogen) atoms. The molecule has 2 nitrogen and oxygen atoms in total. The first-order chi connectivity index (χ1) is 7.38. The first-order valence-corrected chi connectivity index (χ1v) is 5.09. The van der Waals surface area contributed by atoms with E-state index in [2.05, 4.69) is 4.98 Å². The van der Waals surface area contributed by atoms with Gasteiger partial charge in [0.05, 0.1) is 6.10 Å². The molecule has 0 saturated heterocycles. The summed E-state index contributed by atoms with van der Waals surface area (Å²) in [5.41, 5.74) is -1.48. The smallest absolute Gasteiger partial charge is 0.392 e. The highest BCUT2D eigenvalue weighted by Gasteiger charge is 2.53. The second-order valence-corrected chi connectivity index (χ2v) is 4.23. The second kappa shape index (κ2) is 3.45. The van der Waals surface area contributed by atoms with Gasteiger partial charge in [-0.05, 0) is 31.4 Å². The Hall–Kier alpha value is -1.10. The third-order valence-electron chi connectivity index (χ3n) is 3.20. The second-order valence-electron chi connectivity index (χ2n) is 4.23. The number of pyridine rings is 1. The lowest BCUT2D eigenvalue weighted by molar-refractivity contribution is -0.142. The van der Waals surface area contributed by atoms with Crippen LogP contribution >= 0.6 is 0 Å². The lowest BCUT2D eigenvalue weighted by Gasteiger charge is -2.22. The highest BCUT2D eigenvalue weighted by atomic mass is 19.4. The van der Waals surface area contributed by atoms with Gasteiger partial charge in [0.2, 0.25) is 0 Å². The molecule has 1 aromatic heterocycles. The van der Waals surface area contributed by atoms with Crippen molar-refractivity contribution in [1.29, 1.82) is 0 Å². The zero-order chi connectivity index (χ0) is 12.0. The summed E-state index contributed by atoms with van der Waals surface area (Å²) in [7, 11) is 0. The van der Waals surface area contributed by atoms with Gasteiger partial charge in [0, 0.05) is 11.6 Å². The van der Waals surface area contributed by atoms with E-state index in [4.69, 9.17) is 0 Å². The van der Waals surface area contributed by atoms with E-state index in [9.17, 15) is 18.3 Å².